The fourth-order valence-corrected chi connectivity index (χ4v) is 2.70. The van der Waals surface area contributed by atoms with Crippen LogP contribution in [-0.4, -0.2) is 5.97 Å². The summed E-state index contributed by atoms with van der Waals surface area (Å²) in [6, 6.07) is 28.9. The van der Waals surface area contributed by atoms with Gasteiger partial charge in [0.2, 0.25) is 5.60 Å². The highest BCUT2D eigenvalue weighted by molar-refractivity contribution is 5.69. The summed E-state index contributed by atoms with van der Waals surface area (Å²) in [5.74, 6) is 6.00. The molecule has 3 aromatic carbocycles. The van der Waals surface area contributed by atoms with E-state index in [1.807, 2.05) is 91.0 Å². The van der Waals surface area contributed by atoms with Crippen molar-refractivity contribution in [2.75, 3.05) is 0 Å². The van der Waals surface area contributed by atoms with E-state index in [0.29, 0.717) is 0 Å². The van der Waals surface area contributed by atoms with E-state index in [-0.39, 0.29) is 5.97 Å². The maximum Gasteiger partial charge on any atom is 0.304 e. The first-order chi connectivity index (χ1) is 12.2. The van der Waals surface area contributed by atoms with Crippen molar-refractivity contribution in [1.29, 1.82) is 0 Å². The van der Waals surface area contributed by atoms with Gasteiger partial charge in [-0.1, -0.05) is 84.8 Å². The number of carbonyl (C=O) groups is 1. The molecule has 0 saturated heterocycles. The minimum Gasteiger partial charge on any atom is -0.437 e. The molecule has 3 rings (SSSR count). The predicted molar refractivity (Wildman–Crippen MR) is 98.8 cm³/mol. The topological polar surface area (TPSA) is 26.3 Å². The van der Waals surface area contributed by atoms with Crippen LogP contribution >= 0.6 is 0 Å². The van der Waals surface area contributed by atoms with Crippen molar-refractivity contribution in [3.8, 4) is 11.8 Å². The van der Waals surface area contributed by atoms with Crippen molar-refractivity contribution in [3.05, 3.63) is 108 Å². The number of ether oxygens (including phenoxy) is 1. The average molecular weight is 326 g/mol. The van der Waals surface area contributed by atoms with E-state index >= 15 is 0 Å². The summed E-state index contributed by atoms with van der Waals surface area (Å²) < 4.78 is 5.82. The number of hydrogen-bond acceptors (Lipinski definition) is 2. The number of benzene rings is 3. The molecule has 0 heterocycles. The molecule has 0 radical (unpaired) electrons. The minimum absolute atomic E-state index is 0.380. The molecule has 3 aromatic rings. The Hall–Kier alpha value is -3.31. The zero-order valence-electron chi connectivity index (χ0n) is 14.0. The Morgan fingerprint density at radius 2 is 1.20 bits per heavy atom. The SMILES string of the molecule is CC(=O)OC(C#Cc1ccccc1)(c1ccccc1)c1ccccc1. The second-order valence-corrected chi connectivity index (χ2v) is 5.62. The van der Waals surface area contributed by atoms with Gasteiger partial charge in [-0.05, 0) is 18.1 Å². The summed E-state index contributed by atoms with van der Waals surface area (Å²) >= 11 is 0. The standard InChI is InChI=1S/C23H18O2/c1-19(24)25-23(21-13-7-3-8-14-21,22-15-9-4-10-16-22)18-17-20-11-5-2-6-12-20/h2-16H,1H3. The molecule has 2 heteroatoms. The highest BCUT2D eigenvalue weighted by atomic mass is 16.6. The predicted octanol–water partition coefficient (Wildman–Crippen LogP) is 4.55. The van der Waals surface area contributed by atoms with E-state index in [2.05, 4.69) is 11.8 Å². The Balaban J connectivity index is 2.22. The summed E-state index contributed by atoms with van der Waals surface area (Å²) in [5.41, 5.74) is 1.36. The second-order valence-electron chi connectivity index (χ2n) is 5.62. The molecule has 0 unspecified atom stereocenters. The molecule has 0 aliphatic heterocycles. The zero-order valence-corrected chi connectivity index (χ0v) is 14.0. The Bertz CT molecular complexity index is 849. The number of carbonyl (C=O) groups excluding carboxylic acids is 1. The maximum absolute atomic E-state index is 11.9. The van der Waals surface area contributed by atoms with Crippen LogP contribution in [0.5, 0.6) is 0 Å². The van der Waals surface area contributed by atoms with Crippen LogP contribution in [0.25, 0.3) is 0 Å². The molecular formula is C23H18O2. The Kier molecular flexibility index (Phi) is 4.97. The van der Waals surface area contributed by atoms with Crippen molar-refractivity contribution >= 4 is 5.97 Å². The Labute approximate surface area is 148 Å². The maximum atomic E-state index is 11.9. The van der Waals surface area contributed by atoms with Crippen LogP contribution in [0.2, 0.25) is 0 Å². The third-order valence-electron chi connectivity index (χ3n) is 3.81. The third-order valence-corrected chi connectivity index (χ3v) is 3.81. The third kappa shape index (κ3) is 3.79. The van der Waals surface area contributed by atoms with Crippen molar-refractivity contribution < 1.29 is 9.53 Å². The number of rotatable bonds is 3. The minimum atomic E-state index is -1.15. The zero-order chi connectivity index (χ0) is 17.5. The van der Waals surface area contributed by atoms with Crippen LogP contribution in [0, 0.1) is 11.8 Å². The summed E-state index contributed by atoms with van der Waals surface area (Å²) in [5, 5.41) is 0. The van der Waals surface area contributed by atoms with Gasteiger partial charge < -0.3 is 4.74 Å². The van der Waals surface area contributed by atoms with Crippen molar-refractivity contribution in [2.45, 2.75) is 12.5 Å². The van der Waals surface area contributed by atoms with Crippen LogP contribution in [0.1, 0.15) is 23.6 Å². The lowest BCUT2D eigenvalue weighted by Gasteiger charge is -2.29. The lowest BCUT2D eigenvalue weighted by atomic mass is 9.86. The normalized spacial score (nSPS) is 10.4. The monoisotopic (exact) mass is 326 g/mol. The molecule has 122 valence electrons. The van der Waals surface area contributed by atoms with Gasteiger partial charge in [0.1, 0.15) is 0 Å². The largest absolute Gasteiger partial charge is 0.437 e. The summed E-state index contributed by atoms with van der Waals surface area (Å²) in [6.07, 6.45) is 0. The van der Waals surface area contributed by atoms with E-state index in [1.54, 1.807) is 0 Å². The molecule has 0 saturated carbocycles. The Morgan fingerprint density at radius 1 is 0.760 bits per heavy atom. The molecule has 0 spiro atoms. The smallest absolute Gasteiger partial charge is 0.304 e. The average Bonchev–Trinajstić information content (AvgIpc) is 2.67. The first-order valence-electron chi connectivity index (χ1n) is 8.09. The van der Waals surface area contributed by atoms with Crippen LogP contribution in [0.3, 0.4) is 0 Å². The molecular weight excluding hydrogens is 308 g/mol. The molecule has 0 amide bonds. The van der Waals surface area contributed by atoms with Gasteiger partial charge in [0.15, 0.2) is 0 Å². The van der Waals surface area contributed by atoms with Gasteiger partial charge in [-0.25, -0.2) is 0 Å². The van der Waals surface area contributed by atoms with Crippen LogP contribution in [0.15, 0.2) is 91.0 Å². The molecule has 0 aliphatic rings. The van der Waals surface area contributed by atoms with Crippen molar-refractivity contribution in [3.63, 3.8) is 0 Å². The van der Waals surface area contributed by atoms with Crippen LogP contribution in [0.4, 0.5) is 0 Å². The first kappa shape index (κ1) is 16.5. The quantitative estimate of drug-likeness (QED) is 0.521. The molecule has 2 nitrogen and oxygen atoms in total. The van der Waals surface area contributed by atoms with Crippen LogP contribution in [-0.2, 0) is 15.1 Å². The van der Waals surface area contributed by atoms with Gasteiger partial charge >= 0.3 is 5.97 Å². The fourth-order valence-electron chi connectivity index (χ4n) is 2.70. The van der Waals surface area contributed by atoms with Gasteiger partial charge in [0.05, 0.1) is 0 Å². The van der Waals surface area contributed by atoms with E-state index in [4.69, 9.17) is 4.74 Å². The molecule has 0 bridgehead atoms. The van der Waals surface area contributed by atoms with Crippen molar-refractivity contribution in [2.24, 2.45) is 0 Å². The summed E-state index contributed by atoms with van der Waals surface area (Å²) in [6.45, 7) is 1.41. The Morgan fingerprint density at radius 3 is 1.64 bits per heavy atom. The molecule has 0 aromatic heterocycles. The number of hydrogen-bond donors (Lipinski definition) is 0. The van der Waals surface area contributed by atoms with Gasteiger partial charge in [-0.3, -0.25) is 4.79 Å². The van der Waals surface area contributed by atoms with E-state index in [1.165, 1.54) is 6.92 Å². The van der Waals surface area contributed by atoms with Gasteiger partial charge in [-0.15, -0.1) is 0 Å². The van der Waals surface area contributed by atoms with Crippen LogP contribution < -0.4 is 0 Å². The van der Waals surface area contributed by atoms with E-state index in [0.717, 1.165) is 16.7 Å². The second kappa shape index (κ2) is 7.51. The summed E-state index contributed by atoms with van der Waals surface area (Å²) in [7, 11) is 0. The lowest BCUT2D eigenvalue weighted by molar-refractivity contribution is -0.149. The fraction of sp³-hybridized carbons (Fsp3) is 0.0870. The van der Waals surface area contributed by atoms with E-state index < -0.39 is 5.60 Å². The molecule has 0 N–H and O–H groups in total. The van der Waals surface area contributed by atoms with E-state index in [9.17, 15) is 4.79 Å². The van der Waals surface area contributed by atoms with Gasteiger partial charge in [0.25, 0.3) is 0 Å². The van der Waals surface area contributed by atoms with Crippen molar-refractivity contribution in [1.82, 2.24) is 0 Å². The molecule has 0 fully saturated rings. The molecule has 0 atom stereocenters. The number of esters is 1. The lowest BCUT2D eigenvalue weighted by Crippen LogP contribution is -2.31. The highest BCUT2D eigenvalue weighted by Crippen LogP contribution is 2.33. The summed E-state index contributed by atoms with van der Waals surface area (Å²) in [4.78, 5) is 11.9. The highest BCUT2D eigenvalue weighted by Gasteiger charge is 2.36. The molecule has 0 aliphatic carbocycles. The van der Waals surface area contributed by atoms with Gasteiger partial charge in [-0.2, -0.15) is 0 Å². The molecule has 25 heavy (non-hydrogen) atoms. The first-order valence-corrected chi connectivity index (χ1v) is 8.09. The van der Waals surface area contributed by atoms with Gasteiger partial charge in [0, 0.05) is 23.6 Å².